The van der Waals surface area contributed by atoms with Gasteiger partial charge in [0.2, 0.25) is 0 Å². The molecule has 0 amide bonds. The highest BCUT2D eigenvalue weighted by molar-refractivity contribution is 5.94. The number of ketones is 1. The molecule has 14 rings (SSSR count). The summed E-state index contributed by atoms with van der Waals surface area (Å²) < 4.78 is 33.7. The molecule has 9 aromatic rings. The number of benzene rings is 3. The molecule has 23 nitrogen and oxygen atoms in total. The number of Topliss-reactive ketones (excluding diaryl/α,β-unsaturated/α-hetero) is 1. The highest BCUT2D eigenvalue weighted by Gasteiger charge is 2.41. The van der Waals surface area contributed by atoms with Crippen LogP contribution in [0.4, 0.5) is 17.5 Å². The minimum Gasteiger partial charge on any atom is -0.381 e. The Labute approximate surface area is 521 Å². The summed E-state index contributed by atoms with van der Waals surface area (Å²) in [6.07, 6.45) is 9.28. The zero-order valence-corrected chi connectivity index (χ0v) is 51.8. The van der Waals surface area contributed by atoms with Crippen molar-refractivity contribution in [2.75, 3.05) is 80.4 Å². The summed E-state index contributed by atoms with van der Waals surface area (Å²) in [6.45, 7) is 19.0. The third-order valence-electron chi connectivity index (χ3n) is 17.5. The third-order valence-corrected chi connectivity index (χ3v) is 17.5. The predicted molar refractivity (Wildman–Crippen MR) is 336 cm³/mol. The van der Waals surface area contributed by atoms with Crippen LogP contribution in [-0.4, -0.2) is 135 Å². The van der Waals surface area contributed by atoms with Crippen LogP contribution in [0.2, 0.25) is 0 Å². The minimum atomic E-state index is -0.470. The van der Waals surface area contributed by atoms with Gasteiger partial charge in [-0.1, -0.05) is 36.2 Å². The standard InChI is InChI=1S/C25H30N6O2.C22H23N5O3.C20H19N5O2/c1-3-17-12-18-14-22(25-27-16(2)30-33-25)24(29-23(18)19(13-17)15-26)31-8-4-20(5-9-31)28-21-6-10-32-11-7-21;1-3-15-10-16-12-18(21-24-14(2)26-30-21)20(25-19(16)17(11-15)13-23)27-6-4-22(5-7-27)28-8-9-29-22;1-3-13-8-14-10-17(20-22-12(2)24-27-20)19(23-18(14)15(9-13)11-21)25-6-4-16(26)5-7-25/h12-14,20-21,28H,3-11H2,1-2H3;10-12H,3-9H2,1-2H3;8-10H,3-7H2,1-2H3. The Balaban J connectivity index is 0.000000131. The maximum Gasteiger partial charge on any atom is 0.261 e. The first-order valence-electron chi connectivity index (χ1n) is 31.3. The van der Waals surface area contributed by atoms with E-state index in [0.29, 0.717) is 120 Å². The van der Waals surface area contributed by atoms with Crippen molar-refractivity contribution < 1.29 is 32.6 Å². The van der Waals surface area contributed by atoms with Crippen molar-refractivity contribution in [2.24, 2.45) is 0 Å². The van der Waals surface area contributed by atoms with E-state index in [2.05, 4.69) is 108 Å². The lowest BCUT2D eigenvalue weighted by atomic mass is 9.99. The average Bonchev–Trinajstić information content (AvgIpc) is 1.58. The van der Waals surface area contributed by atoms with E-state index in [0.717, 1.165) is 164 Å². The maximum atomic E-state index is 11.7. The summed E-state index contributed by atoms with van der Waals surface area (Å²) in [7, 11) is 0. The van der Waals surface area contributed by atoms with Gasteiger partial charge in [-0.2, -0.15) is 30.7 Å². The number of carbonyl (C=O) groups excluding carboxylic acids is 1. The molecular weight excluding hydrogens is 1140 g/mol. The van der Waals surface area contributed by atoms with Gasteiger partial charge in [0.25, 0.3) is 17.7 Å². The number of piperidine rings is 3. The Hall–Kier alpha value is -9.31. The second kappa shape index (κ2) is 26.8. The average molecular weight is 1210 g/mol. The number of anilines is 3. The summed E-state index contributed by atoms with van der Waals surface area (Å²) in [6, 6.07) is 25.9. The fourth-order valence-electron chi connectivity index (χ4n) is 12.6. The Morgan fingerprint density at radius 3 is 1.21 bits per heavy atom. The molecule has 0 saturated carbocycles. The minimum absolute atomic E-state index is 0.257. The molecule has 1 N–H and O–H groups in total. The molecule has 0 unspecified atom stereocenters. The van der Waals surface area contributed by atoms with Gasteiger partial charge >= 0.3 is 0 Å². The van der Waals surface area contributed by atoms with E-state index in [9.17, 15) is 20.6 Å². The first-order chi connectivity index (χ1) is 43.8. The van der Waals surface area contributed by atoms with Crippen molar-refractivity contribution in [3.8, 4) is 52.6 Å². The number of aromatic nitrogens is 9. The van der Waals surface area contributed by atoms with Gasteiger partial charge < -0.3 is 47.8 Å². The van der Waals surface area contributed by atoms with Crippen LogP contribution >= 0.6 is 0 Å². The molecule has 1 spiro atoms. The number of nitriles is 3. The quantitative estimate of drug-likeness (QED) is 0.126. The van der Waals surface area contributed by atoms with Gasteiger partial charge in [0.15, 0.2) is 23.3 Å². The number of hydrogen-bond acceptors (Lipinski definition) is 23. The number of carbonyl (C=O) groups is 1. The van der Waals surface area contributed by atoms with Crippen LogP contribution in [0.15, 0.2) is 68.2 Å². The SMILES string of the molecule is CCc1cc(C#N)c2nc(N3CCC(=O)CC3)c(-c3nc(C)no3)cc2c1.CCc1cc(C#N)c2nc(N3CCC(NC4CCOCC4)CC3)c(-c3nc(C)no3)cc2c1.CCc1cc(C#N)c2nc(N3CCC4(CC3)OCCO4)c(-c3nc(C)no3)cc2c1. The lowest BCUT2D eigenvalue weighted by Gasteiger charge is -2.38. The van der Waals surface area contributed by atoms with E-state index < -0.39 is 5.79 Å². The molecule has 0 radical (unpaired) electrons. The van der Waals surface area contributed by atoms with Crippen molar-refractivity contribution in [3.63, 3.8) is 0 Å². The fourth-order valence-corrected chi connectivity index (χ4v) is 12.6. The van der Waals surface area contributed by atoms with Gasteiger partial charge in [-0.25, -0.2) is 15.0 Å². The monoisotopic (exact) mass is 1210 g/mol. The number of hydrogen-bond donors (Lipinski definition) is 1. The zero-order chi connectivity index (χ0) is 62.5. The van der Waals surface area contributed by atoms with E-state index >= 15 is 0 Å². The molecular formula is C67H72N16O7. The van der Waals surface area contributed by atoms with Gasteiger partial charge in [-0.3, -0.25) is 4.79 Å². The molecule has 3 aromatic carbocycles. The Morgan fingerprint density at radius 2 is 0.856 bits per heavy atom. The smallest absolute Gasteiger partial charge is 0.261 e. The van der Waals surface area contributed by atoms with Crippen molar-refractivity contribution in [1.29, 1.82) is 15.8 Å². The predicted octanol–water partition coefficient (Wildman–Crippen LogP) is 10.3. The maximum absolute atomic E-state index is 11.7. The number of aryl methyl sites for hydroxylation is 6. The van der Waals surface area contributed by atoms with Crippen LogP contribution in [-0.2, 0) is 38.3 Å². The van der Waals surface area contributed by atoms with Crippen LogP contribution < -0.4 is 20.0 Å². The van der Waals surface area contributed by atoms with Crippen LogP contribution in [0.25, 0.3) is 67.1 Å². The van der Waals surface area contributed by atoms with E-state index in [-0.39, 0.29) is 5.78 Å². The molecule has 5 aliphatic rings. The Kier molecular flexibility index (Phi) is 18.2. The van der Waals surface area contributed by atoms with E-state index in [4.69, 9.17) is 42.7 Å². The number of fused-ring (bicyclic) bond motifs is 3. The van der Waals surface area contributed by atoms with Gasteiger partial charge in [0.1, 0.15) is 41.4 Å². The molecule has 5 fully saturated rings. The molecule has 0 aliphatic carbocycles. The summed E-state index contributed by atoms with van der Waals surface area (Å²) in [5, 5.41) is 47.5. The Bertz CT molecular complexity index is 4230. The molecule has 11 heterocycles. The lowest BCUT2D eigenvalue weighted by Crippen LogP contribution is -2.48. The summed E-state index contributed by atoms with van der Waals surface area (Å²) in [5.41, 5.74) is 9.43. The molecule has 0 bridgehead atoms. The fraction of sp³-hybridized carbons (Fsp3) is 0.448. The van der Waals surface area contributed by atoms with Crippen molar-refractivity contribution in [1.82, 2.24) is 50.7 Å². The Morgan fingerprint density at radius 1 is 0.489 bits per heavy atom. The molecule has 5 aliphatic heterocycles. The number of pyridine rings is 3. The van der Waals surface area contributed by atoms with Gasteiger partial charge in [-0.05, 0) is 137 Å². The normalized spacial score (nSPS) is 17.1. The number of ether oxygens (including phenoxy) is 3. The summed E-state index contributed by atoms with van der Waals surface area (Å²) in [5.74, 6) is 5.05. The van der Waals surface area contributed by atoms with Gasteiger partial charge in [0.05, 0.1) is 63.1 Å². The molecule has 462 valence electrons. The summed E-state index contributed by atoms with van der Waals surface area (Å²) >= 11 is 0. The largest absolute Gasteiger partial charge is 0.381 e. The van der Waals surface area contributed by atoms with Crippen LogP contribution in [0.3, 0.4) is 0 Å². The van der Waals surface area contributed by atoms with Gasteiger partial charge in [0, 0.05) is 106 Å². The van der Waals surface area contributed by atoms with E-state index in [1.165, 1.54) is 0 Å². The second-order valence-corrected chi connectivity index (χ2v) is 23.5. The highest BCUT2D eigenvalue weighted by Crippen LogP contribution is 2.40. The van der Waals surface area contributed by atoms with Crippen molar-refractivity contribution in [3.05, 3.63) is 105 Å². The first kappa shape index (κ1) is 61.0. The van der Waals surface area contributed by atoms with Crippen LogP contribution in [0.5, 0.6) is 0 Å². The van der Waals surface area contributed by atoms with Crippen molar-refractivity contribution in [2.45, 2.75) is 130 Å². The number of rotatable bonds is 11. The number of nitrogens with zero attached hydrogens (tertiary/aromatic N) is 15. The van der Waals surface area contributed by atoms with Crippen LogP contribution in [0.1, 0.15) is 123 Å². The third kappa shape index (κ3) is 13.1. The van der Waals surface area contributed by atoms with Crippen molar-refractivity contribution >= 4 is 55.9 Å². The molecule has 6 aromatic heterocycles. The van der Waals surface area contributed by atoms with Gasteiger partial charge in [-0.15, -0.1) is 0 Å². The van der Waals surface area contributed by atoms with E-state index in [1.807, 2.05) is 43.3 Å². The second-order valence-electron chi connectivity index (χ2n) is 23.5. The molecule has 5 saturated heterocycles. The lowest BCUT2D eigenvalue weighted by molar-refractivity contribution is -0.169. The number of nitrogens with one attached hydrogen (secondary N) is 1. The molecule has 23 heteroatoms. The zero-order valence-electron chi connectivity index (χ0n) is 51.8. The first-order valence-corrected chi connectivity index (χ1v) is 31.3. The summed E-state index contributed by atoms with van der Waals surface area (Å²) in [4.78, 5) is 46.3. The molecule has 90 heavy (non-hydrogen) atoms. The molecule has 0 atom stereocenters. The van der Waals surface area contributed by atoms with Crippen LogP contribution in [0, 0.1) is 54.8 Å². The topological polar surface area (TPSA) is 293 Å². The highest BCUT2D eigenvalue weighted by atomic mass is 16.7. The van der Waals surface area contributed by atoms with E-state index in [1.54, 1.807) is 13.8 Å².